The van der Waals surface area contributed by atoms with Crippen LogP contribution in [0.25, 0.3) is 0 Å². The summed E-state index contributed by atoms with van der Waals surface area (Å²) >= 11 is 0. The molecule has 1 aliphatic heterocycles. The van der Waals surface area contributed by atoms with Crippen LogP contribution in [0.5, 0.6) is 5.75 Å². The van der Waals surface area contributed by atoms with Crippen molar-refractivity contribution in [3.63, 3.8) is 0 Å². The summed E-state index contributed by atoms with van der Waals surface area (Å²) in [5, 5.41) is 10.6. The number of ketones is 1. The Bertz CT molecular complexity index is 479. The lowest BCUT2D eigenvalue weighted by atomic mass is 9.93. The van der Waals surface area contributed by atoms with Crippen molar-refractivity contribution < 1.29 is 14.5 Å². The van der Waals surface area contributed by atoms with Crippen LogP contribution in [-0.4, -0.2) is 16.3 Å². The van der Waals surface area contributed by atoms with E-state index in [2.05, 4.69) is 0 Å². The predicted octanol–water partition coefficient (Wildman–Crippen LogP) is 2.34. The van der Waals surface area contributed by atoms with E-state index in [0.29, 0.717) is 11.3 Å². The van der Waals surface area contributed by atoms with Crippen LogP contribution in [0, 0.1) is 10.1 Å². The third-order valence-corrected chi connectivity index (χ3v) is 2.45. The molecule has 0 N–H and O–H groups in total. The fourth-order valence-electron chi connectivity index (χ4n) is 1.76. The van der Waals surface area contributed by atoms with Gasteiger partial charge in [-0.15, -0.1) is 0 Å². The number of ether oxygens (including phenoxy) is 1. The Kier molecular flexibility index (Phi) is 2.18. The first-order chi connectivity index (χ1) is 7.39. The molecule has 0 aliphatic carbocycles. The molecule has 0 fully saturated rings. The van der Waals surface area contributed by atoms with Crippen LogP contribution in [0.1, 0.15) is 30.6 Å². The molecule has 0 bridgehead atoms. The summed E-state index contributed by atoms with van der Waals surface area (Å²) in [4.78, 5) is 21.8. The molecular formula is C11H11NO4. The van der Waals surface area contributed by atoms with Gasteiger partial charge in [0, 0.05) is 6.07 Å². The largest absolute Gasteiger partial charge is 0.486 e. The molecular weight excluding hydrogens is 210 g/mol. The van der Waals surface area contributed by atoms with Gasteiger partial charge in [0.25, 0.3) is 5.69 Å². The van der Waals surface area contributed by atoms with Crippen LogP contribution in [-0.2, 0) is 0 Å². The number of nitro benzene ring substituents is 1. The van der Waals surface area contributed by atoms with E-state index in [1.807, 2.05) is 0 Å². The topological polar surface area (TPSA) is 69.4 Å². The second-order valence-corrected chi connectivity index (χ2v) is 4.40. The van der Waals surface area contributed by atoms with Crippen LogP contribution in [0.2, 0.25) is 0 Å². The molecule has 5 nitrogen and oxygen atoms in total. The Hall–Kier alpha value is -1.91. The Morgan fingerprint density at radius 2 is 2.12 bits per heavy atom. The summed E-state index contributed by atoms with van der Waals surface area (Å²) in [6, 6.07) is 4.07. The molecule has 16 heavy (non-hydrogen) atoms. The fraction of sp³-hybridized carbons (Fsp3) is 0.364. The number of non-ortho nitro benzene ring substituents is 1. The lowest BCUT2D eigenvalue weighted by molar-refractivity contribution is -0.385. The first-order valence-corrected chi connectivity index (χ1v) is 4.90. The number of nitro groups is 1. The van der Waals surface area contributed by atoms with Gasteiger partial charge in [0.15, 0.2) is 5.78 Å². The monoisotopic (exact) mass is 221 g/mol. The molecule has 1 aliphatic rings. The standard InChI is InChI=1S/C11H11NO4/c1-11(2)6-9(13)8-4-3-7(12(14)15)5-10(8)16-11/h3-5H,6H2,1-2H3. The van der Waals surface area contributed by atoms with Gasteiger partial charge in [-0.2, -0.15) is 0 Å². The average molecular weight is 221 g/mol. The van der Waals surface area contributed by atoms with Crippen LogP contribution in [0.3, 0.4) is 0 Å². The molecule has 2 rings (SSSR count). The van der Waals surface area contributed by atoms with E-state index in [4.69, 9.17) is 4.74 Å². The van der Waals surface area contributed by atoms with E-state index in [1.54, 1.807) is 13.8 Å². The zero-order valence-electron chi connectivity index (χ0n) is 9.02. The van der Waals surface area contributed by atoms with E-state index in [-0.39, 0.29) is 17.9 Å². The summed E-state index contributed by atoms with van der Waals surface area (Å²) in [6.45, 7) is 3.57. The molecule has 5 heteroatoms. The van der Waals surface area contributed by atoms with Gasteiger partial charge in [-0.25, -0.2) is 0 Å². The molecule has 0 amide bonds. The Balaban J connectivity index is 2.50. The van der Waals surface area contributed by atoms with Crippen molar-refractivity contribution >= 4 is 11.5 Å². The van der Waals surface area contributed by atoms with Crippen molar-refractivity contribution in [2.75, 3.05) is 0 Å². The molecule has 1 aromatic rings. The van der Waals surface area contributed by atoms with Gasteiger partial charge in [-0.3, -0.25) is 14.9 Å². The third kappa shape index (κ3) is 1.76. The van der Waals surface area contributed by atoms with Gasteiger partial charge in [0.1, 0.15) is 11.4 Å². The van der Waals surface area contributed by atoms with Gasteiger partial charge in [-0.1, -0.05) is 0 Å². The smallest absolute Gasteiger partial charge is 0.273 e. The summed E-state index contributed by atoms with van der Waals surface area (Å²) < 4.78 is 5.56. The Morgan fingerprint density at radius 1 is 1.44 bits per heavy atom. The van der Waals surface area contributed by atoms with Gasteiger partial charge in [0.2, 0.25) is 0 Å². The molecule has 1 aromatic carbocycles. The van der Waals surface area contributed by atoms with Gasteiger partial charge < -0.3 is 4.74 Å². The van der Waals surface area contributed by atoms with E-state index in [9.17, 15) is 14.9 Å². The number of rotatable bonds is 1. The van der Waals surface area contributed by atoms with Crippen molar-refractivity contribution in [3.8, 4) is 5.75 Å². The van der Waals surface area contributed by atoms with Crippen molar-refractivity contribution in [2.45, 2.75) is 25.9 Å². The number of carbonyl (C=O) groups is 1. The van der Waals surface area contributed by atoms with Crippen LogP contribution in [0.4, 0.5) is 5.69 Å². The van der Waals surface area contributed by atoms with Crippen LogP contribution in [0.15, 0.2) is 18.2 Å². The first kappa shape index (κ1) is 10.6. The highest BCUT2D eigenvalue weighted by Crippen LogP contribution is 2.35. The Labute approximate surface area is 92.2 Å². The summed E-state index contributed by atoms with van der Waals surface area (Å²) in [6.07, 6.45) is 0.289. The molecule has 0 radical (unpaired) electrons. The third-order valence-electron chi connectivity index (χ3n) is 2.45. The summed E-state index contributed by atoms with van der Waals surface area (Å²) in [5.41, 5.74) is -0.242. The maximum Gasteiger partial charge on any atom is 0.273 e. The van der Waals surface area contributed by atoms with E-state index in [1.165, 1.54) is 18.2 Å². The van der Waals surface area contributed by atoms with Crippen LogP contribution >= 0.6 is 0 Å². The fourth-order valence-corrected chi connectivity index (χ4v) is 1.76. The minimum atomic E-state index is -0.598. The number of hydrogen-bond donors (Lipinski definition) is 0. The SMILES string of the molecule is CC1(C)CC(=O)c2ccc([N+](=O)[O-])cc2O1. The zero-order valence-corrected chi connectivity index (χ0v) is 9.02. The lowest BCUT2D eigenvalue weighted by Crippen LogP contribution is -2.35. The number of carbonyl (C=O) groups excluding carboxylic acids is 1. The van der Waals surface area contributed by atoms with Crippen molar-refractivity contribution in [3.05, 3.63) is 33.9 Å². The molecule has 0 unspecified atom stereocenters. The molecule has 84 valence electrons. The second kappa shape index (κ2) is 3.30. The number of nitrogens with zero attached hydrogens (tertiary/aromatic N) is 1. The molecule has 1 heterocycles. The molecule has 0 aromatic heterocycles. The van der Waals surface area contributed by atoms with Gasteiger partial charge >= 0.3 is 0 Å². The van der Waals surface area contributed by atoms with E-state index >= 15 is 0 Å². The van der Waals surface area contributed by atoms with Gasteiger partial charge in [-0.05, 0) is 19.9 Å². The number of fused-ring (bicyclic) bond motifs is 1. The highest BCUT2D eigenvalue weighted by Gasteiger charge is 2.33. The highest BCUT2D eigenvalue weighted by molar-refractivity contribution is 6.00. The molecule has 0 atom stereocenters. The first-order valence-electron chi connectivity index (χ1n) is 4.90. The molecule has 0 saturated carbocycles. The lowest BCUT2D eigenvalue weighted by Gasteiger charge is -2.31. The average Bonchev–Trinajstić information content (AvgIpc) is 2.14. The Morgan fingerprint density at radius 3 is 2.75 bits per heavy atom. The van der Waals surface area contributed by atoms with E-state index < -0.39 is 10.5 Å². The van der Waals surface area contributed by atoms with Gasteiger partial charge in [0.05, 0.1) is 23.0 Å². The maximum absolute atomic E-state index is 11.7. The van der Waals surface area contributed by atoms with E-state index in [0.717, 1.165) is 0 Å². The second-order valence-electron chi connectivity index (χ2n) is 4.40. The number of benzene rings is 1. The minimum absolute atomic E-state index is 0.0406. The van der Waals surface area contributed by atoms with Crippen molar-refractivity contribution in [1.82, 2.24) is 0 Å². The summed E-state index contributed by atoms with van der Waals surface area (Å²) in [7, 11) is 0. The van der Waals surface area contributed by atoms with Crippen LogP contribution < -0.4 is 4.74 Å². The predicted molar refractivity (Wildman–Crippen MR) is 56.8 cm³/mol. The van der Waals surface area contributed by atoms with Crippen molar-refractivity contribution in [1.29, 1.82) is 0 Å². The normalized spacial score (nSPS) is 17.5. The summed E-state index contributed by atoms with van der Waals surface area (Å²) in [5.74, 6) is 0.261. The quantitative estimate of drug-likeness (QED) is 0.539. The number of Topliss-reactive ketones (excluding diaryl/α,β-unsaturated/α-hetero) is 1. The zero-order chi connectivity index (χ0) is 11.9. The highest BCUT2D eigenvalue weighted by atomic mass is 16.6. The molecule has 0 spiro atoms. The number of hydrogen-bond acceptors (Lipinski definition) is 4. The molecule has 0 saturated heterocycles. The van der Waals surface area contributed by atoms with Crippen molar-refractivity contribution in [2.24, 2.45) is 0 Å². The minimum Gasteiger partial charge on any atom is -0.486 e. The maximum atomic E-state index is 11.7.